The summed E-state index contributed by atoms with van der Waals surface area (Å²) in [4.78, 5) is 9.76. The van der Waals surface area contributed by atoms with Gasteiger partial charge in [-0.3, -0.25) is 0 Å². The zero-order valence-electron chi connectivity index (χ0n) is 16.9. The van der Waals surface area contributed by atoms with Gasteiger partial charge < -0.3 is 0 Å². The molecule has 0 saturated heterocycles. The lowest BCUT2D eigenvalue weighted by Gasteiger charge is -2.27. The zero-order valence-corrected chi connectivity index (χ0v) is 19.4. The standard InChI is InChI=1S/C24H18N2O2S3/c1-13-9-16-10-15(3-6-19(13)16)24-26-21-8-5-18(12-23(21)30-24)31(27,28)17-4-7-20-22(11-17)29-14(2)25-20/h3-8,10-13H,9H2,1-2H3. The van der Waals surface area contributed by atoms with Crippen LogP contribution in [0.3, 0.4) is 0 Å². The lowest BCUT2D eigenvalue weighted by Crippen LogP contribution is -2.13. The van der Waals surface area contributed by atoms with Gasteiger partial charge in [0.15, 0.2) is 0 Å². The summed E-state index contributed by atoms with van der Waals surface area (Å²) in [5, 5.41) is 1.85. The quantitative estimate of drug-likeness (QED) is 0.312. The molecular weight excluding hydrogens is 444 g/mol. The molecule has 0 saturated carbocycles. The van der Waals surface area contributed by atoms with E-state index in [0.717, 1.165) is 42.4 Å². The van der Waals surface area contributed by atoms with E-state index in [4.69, 9.17) is 4.98 Å². The molecule has 6 rings (SSSR count). The number of thiazole rings is 2. The fourth-order valence-corrected chi connectivity index (χ4v) is 7.55. The molecule has 1 unspecified atom stereocenters. The first-order valence-electron chi connectivity index (χ1n) is 10.0. The lowest BCUT2D eigenvalue weighted by molar-refractivity contribution is 0.596. The van der Waals surface area contributed by atoms with E-state index in [9.17, 15) is 8.42 Å². The second kappa shape index (κ2) is 6.69. The molecule has 154 valence electrons. The van der Waals surface area contributed by atoms with E-state index < -0.39 is 9.84 Å². The minimum Gasteiger partial charge on any atom is -0.242 e. The Morgan fingerprint density at radius 1 is 0.871 bits per heavy atom. The van der Waals surface area contributed by atoms with Crippen LogP contribution in [0.25, 0.3) is 31.0 Å². The lowest BCUT2D eigenvalue weighted by atomic mass is 9.78. The first-order valence-corrected chi connectivity index (χ1v) is 13.2. The highest BCUT2D eigenvalue weighted by atomic mass is 32.2. The Labute approximate surface area is 188 Å². The third kappa shape index (κ3) is 3.03. The smallest absolute Gasteiger partial charge is 0.206 e. The zero-order chi connectivity index (χ0) is 21.3. The Balaban J connectivity index is 1.41. The third-order valence-electron chi connectivity index (χ3n) is 5.89. The third-order valence-corrected chi connectivity index (χ3v) is 9.64. The number of fused-ring (bicyclic) bond motifs is 3. The van der Waals surface area contributed by atoms with Gasteiger partial charge in [0, 0.05) is 5.56 Å². The Morgan fingerprint density at radius 2 is 1.55 bits per heavy atom. The number of aromatic nitrogens is 2. The highest BCUT2D eigenvalue weighted by molar-refractivity contribution is 7.91. The second-order valence-electron chi connectivity index (χ2n) is 8.03. The summed E-state index contributed by atoms with van der Waals surface area (Å²) < 4.78 is 28.3. The molecule has 2 heterocycles. The van der Waals surface area contributed by atoms with Gasteiger partial charge in [-0.15, -0.1) is 22.7 Å². The number of hydrogen-bond donors (Lipinski definition) is 0. The molecule has 0 amide bonds. The van der Waals surface area contributed by atoms with Crippen molar-refractivity contribution < 1.29 is 8.42 Å². The summed E-state index contributed by atoms with van der Waals surface area (Å²) in [7, 11) is -3.62. The molecule has 0 bridgehead atoms. The van der Waals surface area contributed by atoms with Crippen LogP contribution in [-0.4, -0.2) is 18.4 Å². The summed E-state index contributed by atoms with van der Waals surface area (Å²) in [6.07, 6.45) is 1.11. The van der Waals surface area contributed by atoms with Crippen molar-refractivity contribution in [2.45, 2.75) is 36.0 Å². The van der Waals surface area contributed by atoms with E-state index in [1.807, 2.05) is 6.92 Å². The first-order chi connectivity index (χ1) is 14.9. The Morgan fingerprint density at radius 3 is 2.23 bits per heavy atom. The van der Waals surface area contributed by atoms with Crippen LogP contribution >= 0.6 is 22.7 Å². The van der Waals surface area contributed by atoms with Crippen LogP contribution in [0, 0.1) is 6.92 Å². The van der Waals surface area contributed by atoms with Crippen LogP contribution < -0.4 is 0 Å². The van der Waals surface area contributed by atoms with Crippen LogP contribution in [0.15, 0.2) is 64.4 Å². The topological polar surface area (TPSA) is 59.9 Å². The molecule has 1 atom stereocenters. The predicted octanol–water partition coefficient (Wildman–Crippen LogP) is 6.37. The van der Waals surface area contributed by atoms with Crippen molar-refractivity contribution in [1.82, 2.24) is 9.97 Å². The minimum atomic E-state index is -3.62. The molecule has 2 aromatic heterocycles. The van der Waals surface area contributed by atoms with Crippen molar-refractivity contribution in [1.29, 1.82) is 0 Å². The van der Waals surface area contributed by atoms with Crippen LogP contribution in [0.4, 0.5) is 0 Å². The van der Waals surface area contributed by atoms with Crippen LogP contribution in [0.5, 0.6) is 0 Å². The van der Waals surface area contributed by atoms with Gasteiger partial charge in [-0.25, -0.2) is 18.4 Å². The van der Waals surface area contributed by atoms with Crippen molar-refractivity contribution in [2.75, 3.05) is 0 Å². The highest BCUT2D eigenvalue weighted by Crippen LogP contribution is 2.39. The van der Waals surface area contributed by atoms with Crippen LogP contribution in [0.2, 0.25) is 0 Å². The molecule has 0 aliphatic heterocycles. The molecule has 7 heteroatoms. The molecule has 1 aliphatic rings. The number of hydrogen-bond acceptors (Lipinski definition) is 6. The molecule has 0 fully saturated rings. The van der Waals surface area contributed by atoms with Crippen LogP contribution in [-0.2, 0) is 16.3 Å². The summed E-state index contributed by atoms with van der Waals surface area (Å²) in [6, 6.07) is 16.9. The fourth-order valence-electron chi connectivity index (χ4n) is 4.22. The fraction of sp³-hybridized carbons (Fsp3) is 0.167. The molecule has 0 spiro atoms. The van der Waals surface area contributed by atoms with Crippen molar-refractivity contribution >= 4 is 52.9 Å². The second-order valence-corrected chi connectivity index (χ2v) is 12.2. The maximum absolute atomic E-state index is 13.3. The summed E-state index contributed by atoms with van der Waals surface area (Å²) in [6.45, 7) is 4.17. The largest absolute Gasteiger partial charge is 0.242 e. The van der Waals surface area contributed by atoms with E-state index in [1.54, 1.807) is 36.4 Å². The van der Waals surface area contributed by atoms with Gasteiger partial charge in [-0.2, -0.15) is 0 Å². The molecule has 3 aromatic carbocycles. The average molecular weight is 463 g/mol. The van der Waals surface area contributed by atoms with E-state index in [0.29, 0.717) is 15.7 Å². The van der Waals surface area contributed by atoms with Crippen molar-refractivity contribution in [3.63, 3.8) is 0 Å². The number of sulfone groups is 1. The molecule has 4 nitrogen and oxygen atoms in total. The Bertz CT molecular complexity index is 1610. The van der Waals surface area contributed by atoms with Gasteiger partial charge >= 0.3 is 0 Å². The number of aryl methyl sites for hydroxylation is 1. The number of rotatable bonds is 3. The maximum atomic E-state index is 13.3. The van der Waals surface area contributed by atoms with Crippen LogP contribution in [0.1, 0.15) is 29.0 Å². The molecule has 31 heavy (non-hydrogen) atoms. The number of benzene rings is 3. The SMILES string of the molecule is Cc1nc2ccc(S(=O)(=O)c3ccc4nc(-c5ccc6c(c5)CC6C)sc4c3)cc2s1. The van der Waals surface area contributed by atoms with Gasteiger partial charge in [-0.1, -0.05) is 19.1 Å². The van der Waals surface area contributed by atoms with Gasteiger partial charge in [-0.05, 0) is 72.9 Å². The summed E-state index contributed by atoms with van der Waals surface area (Å²) in [5.74, 6) is 0.639. The van der Waals surface area contributed by atoms with E-state index >= 15 is 0 Å². The molecule has 0 N–H and O–H groups in total. The van der Waals surface area contributed by atoms with Gasteiger partial charge in [0.05, 0.1) is 35.2 Å². The maximum Gasteiger partial charge on any atom is 0.206 e. The van der Waals surface area contributed by atoms with E-state index in [-0.39, 0.29) is 0 Å². The van der Waals surface area contributed by atoms with E-state index in [1.165, 1.54) is 33.8 Å². The number of nitrogens with zero attached hydrogens (tertiary/aromatic N) is 2. The normalized spacial score (nSPS) is 15.9. The average Bonchev–Trinajstić information content (AvgIpc) is 3.33. The van der Waals surface area contributed by atoms with Gasteiger partial charge in [0.25, 0.3) is 0 Å². The molecular formula is C24H18N2O2S3. The van der Waals surface area contributed by atoms with Gasteiger partial charge in [0.1, 0.15) is 5.01 Å². The van der Waals surface area contributed by atoms with Crippen molar-refractivity contribution in [3.05, 3.63) is 70.7 Å². The summed E-state index contributed by atoms with van der Waals surface area (Å²) >= 11 is 3.04. The molecule has 0 radical (unpaired) electrons. The van der Waals surface area contributed by atoms with Crippen molar-refractivity contribution in [3.8, 4) is 10.6 Å². The highest BCUT2D eigenvalue weighted by Gasteiger charge is 2.23. The molecule has 5 aromatic rings. The van der Waals surface area contributed by atoms with Crippen molar-refractivity contribution in [2.24, 2.45) is 0 Å². The Hall–Kier alpha value is -2.61. The monoisotopic (exact) mass is 462 g/mol. The summed E-state index contributed by atoms with van der Waals surface area (Å²) in [5.41, 5.74) is 5.57. The van der Waals surface area contributed by atoms with E-state index in [2.05, 4.69) is 30.1 Å². The molecule has 1 aliphatic carbocycles. The van der Waals surface area contributed by atoms with Gasteiger partial charge in [0.2, 0.25) is 9.84 Å². The predicted molar refractivity (Wildman–Crippen MR) is 127 cm³/mol. The minimum absolute atomic E-state index is 0.293. The Kier molecular flexibility index (Phi) is 4.12. The first kappa shape index (κ1) is 19.1.